The largest absolute Gasteiger partial charge is 0.316 e. The number of halogens is 3. The van der Waals surface area contributed by atoms with Crippen LogP contribution in [0.1, 0.15) is 0 Å². The molecule has 0 aliphatic heterocycles. The van der Waals surface area contributed by atoms with Crippen molar-refractivity contribution in [3.8, 4) is 0 Å². The third-order valence-corrected chi connectivity index (χ3v) is 3.40. The van der Waals surface area contributed by atoms with Gasteiger partial charge >= 0.3 is 11.8 Å². The number of amides is 2. The molecule has 0 radical (unpaired) electrons. The lowest BCUT2D eigenvalue weighted by atomic mass is 10.3. The lowest BCUT2D eigenvalue weighted by molar-refractivity contribution is -0.132. The Morgan fingerprint density at radius 1 is 0.762 bits per heavy atom. The summed E-state index contributed by atoms with van der Waals surface area (Å²) >= 11 is 17.6. The molecule has 0 heterocycles. The molecule has 0 bridgehead atoms. The van der Waals surface area contributed by atoms with E-state index in [0.29, 0.717) is 15.7 Å². The van der Waals surface area contributed by atoms with E-state index in [2.05, 4.69) is 10.6 Å². The molecule has 2 aromatic rings. The van der Waals surface area contributed by atoms with Gasteiger partial charge in [-0.05, 0) is 30.3 Å². The van der Waals surface area contributed by atoms with Crippen molar-refractivity contribution < 1.29 is 9.59 Å². The zero-order valence-electron chi connectivity index (χ0n) is 10.5. The second kappa shape index (κ2) is 6.80. The Balaban J connectivity index is 2.08. The highest BCUT2D eigenvalue weighted by atomic mass is 35.5. The highest BCUT2D eigenvalue weighted by Crippen LogP contribution is 2.25. The third-order valence-electron chi connectivity index (χ3n) is 2.50. The Bertz CT molecular complexity index is 704. The number of hydrogen-bond donors (Lipinski definition) is 2. The van der Waals surface area contributed by atoms with Crippen LogP contribution in [0.2, 0.25) is 15.1 Å². The molecule has 108 valence electrons. The van der Waals surface area contributed by atoms with E-state index in [1.807, 2.05) is 0 Å². The Morgan fingerprint density at radius 3 is 2.00 bits per heavy atom. The average Bonchev–Trinajstić information content (AvgIpc) is 2.45. The van der Waals surface area contributed by atoms with Gasteiger partial charge in [0, 0.05) is 5.02 Å². The molecule has 0 atom stereocenters. The molecular formula is C14H9Cl3N2O2. The molecule has 0 fully saturated rings. The molecule has 7 heteroatoms. The lowest BCUT2D eigenvalue weighted by Crippen LogP contribution is -2.29. The average molecular weight is 344 g/mol. The summed E-state index contributed by atoms with van der Waals surface area (Å²) in [6, 6.07) is 11.1. The molecule has 2 amide bonds. The first-order valence-corrected chi connectivity index (χ1v) is 6.92. The second-order valence-corrected chi connectivity index (χ2v) is 5.26. The van der Waals surface area contributed by atoms with Gasteiger partial charge in [-0.1, -0.05) is 46.9 Å². The molecule has 2 rings (SSSR count). The van der Waals surface area contributed by atoms with Gasteiger partial charge in [-0.25, -0.2) is 0 Å². The molecule has 0 aliphatic carbocycles. The molecule has 0 aromatic heterocycles. The number of hydrogen-bond acceptors (Lipinski definition) is 2. The molecule has 0 aliphatic rings. The standard InChI is InChI=1S/C14H9Cl3N2O2/c15-8-5-6-10(17)12(7-8)19-14(21)13(20)18-11-4-2-1-3-9(11)16/h1-7H,(H,18,20)(H,19,21). The van der Waals surface area contributed by atoms with Gasteiger partial charge in [-0.2, -0.15) is 0 Å². The minimum atomic E-state index is -0.876. The molecular weight excluding hydrogens is 335 g/mol. The van der Waals surface area contributed by atoms with Gasteiger partial charge in [0.2, 0.25) is 0 Å². The fourth-order valence-electron chi connectivity index (χ4n) is 1.51. The van der Waals surface area contributed by atoms with Crippen molar-refractivity contribution in [2.45, 2.75) is 0 Å². The monoisotopic (exact) mass is 342 g/mol. The van der Waals surface area contributed by atoms with Crippen LogP contribution in [0.3, 0.4) is 0 Å². The van der Waals surface area contributed by atoms with Crippen LogP contribution in [-0.4, -0.2) is 11.8 Å². The second-order valence-electron chi connectivity index (χ2n) is 4.01. The van der Waals surface area contributed by atoms with Gasteiger partial charge in [0.15, 0.2) is 0 Å². The van der Waals surface area contributed by atoms with Crippen LogP contribution >= 0.6 is 34.8 Å². The summed E-state index contributed by atoms with van der Waals surface area (Å²) in [5.41, 5.74) is 0.597. The number of anilines is 2. The molecule has 0 spiro atoms. The zero-order chi connectivity index (χ0) is 15.4. The number of rotatable bonds is 2. The van der Waals surface area contributed by atoms with E-state index in [-0.39, 0.29) is 10.7 Å². The fraction of sp³-hybridized carbons (Fsp3) is 0. The van der Waals surface area contributed by atoms with Crippen molar-refractivity contribution in [2.75, 3.05) is 10.6 Å². The van der Waals surface area contributed by atoms with Crippen LogP contribution in [0.5, 0.6) is 0 Å². The molecule has 0 saturated heterocycles. The van der Waals surface area contributed by atoms with Crippen LogP contribution in [0.15, 0.2) is 42.5 Å². The van der Waals surface area contributed by atoms with Crippen molar-refractivity contribution in [1.29, 1.82) is 0 Å². The summed E-state index contributed by atoms with van der Waals surface area (Å²) in [6.45, 7) is 0. The summed E-state index contributed by atoms with van der Waals surface area (Å²) in [5, 5.41) is 5.78. The lowest BCUT2D eigenvalue weighted by Gasteiger charge is -2.09. The van der Waals surface area contributed by atoms with Crippen LogP contribution in [0.4, 0.5) is 11.4 Å². The summed E-state index contributed by atoms with van der Waals surface area (Å²) < 4.78 is 0. The highest BCUT2D eigenvalue weighted by molar-refractivity contribution is 6.46. The molecule has 2 N–H and O–H groups in total. The number of carbonyl (C=O) groups is 2. The van der Waals surface area contributed by atoms with E-state index in [1.54, 1.807) is 30.3 Å². The van der Waals surface area contributed by atoms with E-state index in [4.69, 9.17) is 34.8 Å². The topological polar surface area (TPSA) is 58.2 Å². The molecule has 0 saturated carbocycles. The summed E-state index contributed by atoms with van der Waals surface area (Å²) in [4.78, 5) is 23.6. The van der Waals surface area contributed by atoms with Crippen LogP contribution < -0.4 is 10.6 Å². The minimum absolute atomic E-state index is 0.253. The molecule has 4 nitrogen and oxygen atoms in total. The van der Waals surface area contributed by atoms with Crippen LogP contribution in [0.25, 0.3) is 0 Å². The first kappa shape index (κ1) is 15.6. The molecule has 0 unspecified atom stereocenters. The molecule has 2 aromatic carbocycles. The van der Waals surface area contributed by atoms with Gasteiger partial charge in [0.25, 0.3) is 0 Å². The Hall–Kier alpha value is -1.75. The molecule has 21 heavy (non-hydrogen) atoms. The SMILES string of the molecule is O=C(Nc1ccccc1Cl)C(=O)Nc1cc(Cl)ccc1Cl. The van der Waals surface area contributed by atoms with E-state index in [0.717, 1.165) is 0 Å². The van der Waals surface area contributed by atoms with E-state index >= 15 is 0 Å². The summed E-state index contributed by atoms with van der Waals surface area (Å²) in [6.07, 6.45) is 0. The Labute approximate surface area is 136 Å². The quantitative estimate of drug-likeness (QED) is 0.802. The van der Waals surface area contributed by atoms with Crippen molar-refractivity contribution in [2.24, 2.45) is 0 Å². The number of para-hydroxylation sites is 1. The van der Waals surface area contributed by atoms with E-state index < -0.39 is 11.8 Å². The number of nitrogens with one attached hydrogen (secondary N) is 2. The van der Waals surface area contributed by atoms with Crippen molar-refractivity contribution in [3.05, 3.63) is 57.5 Å². The minimum Gasteiger partial charge on any atom is -0.316 e. The number of carbonyl (C=O) groups excluding carboxylic acids is 2. The van der Waals surface area contributed by atoms with E-state index in [9.17, 15) is 9.59 Å². The van der Waals surface area contributed by atoms with Crippen LogP contribution in [-0.2, 0) is 9.59 Å². The Morgan fingerprint density at radius 2 is 1.33 bits per heavy atom. The van der Waals surface area contributed by atoms with Crippen molar-refractivity contribution in [1.82, 2.24) is 0 Å². The predicted octanol–water partition coefficient (Wildman–Crippen LogP) is 4.22. The normalized spacial score (nSPS) is 10.0. The van der Waals surface area contributed by atoms with Crippen LogP contribution in [0, 0.1) is 0 Å². The third kappa shape index (κ3) is 4.11. The zero-order valence-corrected chi connectivity index (χ0v) is 12.8. The maximum Gasteiger partial charge on any atom is 0.314 e. The maximum atomic E-state index is 11.8. The van der Waals surface area contributed by atoms with Gasteiger partial charge in [0.1, 0.15) is 0 Å². The predicted molar refractivity (Wildman–Crippen MR) is 85.2 cm³/mol. The van der Waals surface area contributed by atoms with Gasteiger partial charge in [-0.3, -0.25) is 9.59 Å². The highest BCUT2D eigenvalue weighted by Gasteiger charge is 2.16. The van der Waals surface area contributed by atoms with Gasteiger partial charge < -0.3 is 10.6 Å². The maximum absolute atomic E-state index is 11.8. The van der Waals surface area contributed by atoms with Crippen molar-refractivity contribution >= 4 is 58.0 Å². The van der Waals surface area contributed by atoms with Gasteiger partial charge in [-0.15, -0.1) is 0 Å². The summed E-state index contributed by atoms with van der Waals surface area (Å²) in [5.74, 6) is -1.74. The Kier molecular flexibility index (Phi) is 5.07. The van der Waals surface area contributed by atoms with Gasteiger partial charge in [0.05, 0.1) is 21.4 Å². The first-order chi connectivity index (χ1) is 9.97. The smallest absolute Gasteiger partial charge is 0.314 e. The van der Waals surface area contributed by atoms with Crippen molar-refractivity contribution in [3.63, 3.8) is 0 Å². The van der Waals surface area contributed by atoms with E-state index in [1.165, 1.54) is 12.1 Å². The first-order valence-electron chi connectivity index (χ1n) is 5.79. The summed E-state index contributed by atoms with van der Waals surface area (Å²) in [7, 11) is 0. The fourth-order valence-corrected chi connectivity index (χ4v) is 2.03. The number of benzene rings is 2.